The smallest absolute Gasteiger partial charge is 0.547 e. The Morgan fingerprint density at radius 2 is 1.75 bits per heavy atom. The van der Waals surface area contributed by atoms with Crippen LogP contribution in [0.25, 0.3) is 0 Å². The van der Waals surface area contributed by atoms with E-state index in [9.17, 15) is 24.3 Å². The van der Waals surface area contributed by atoms with Gasteiger partial charge in [0.1, 0.15) is 6.04 Å². The van der Waals surface area contributed by atoms with E-state index in [1.54, 1.807) is 0 Å². The second-order valence-electron chi connectivity index (χ2n) is 3.90. The maximum Gasteiger partial charge on any atom is 1.00 e. The third-order valence-corrected chi connectivity index (χ3v) is 2.81. The normalized spacial score (nSPS) is 17.2. The number of nitrogens with two attached hydrogens (primary N) is 1. The second-order valence-corrected chi connectivity index (χ2v) is 3.90. The van der Waals surface area contributed by atoms with Gasteiger partial charge < -0.3 is 15.6 Å². The average Bonchev–Trinajstić information content (AvgIpc) is 2.41. The summed E-state index contributed by atoms with van der Waals surface area (Å²) in [5.74, 6) is -4.48. The van der Waals surface area contributed by atoms with Gasteiger partial charge in [0.25, 0.3) is 5.91 Å². The predicted molar refractivity (Wildman–Crippen MR) is 59.8 cm³/mol. The standard InChI is InChI=1S/C12H10N2O5.Na/c13-5-8(15)14-9(12(18)19)10(16)6-3-1-2-4-7(6)11(14)17;/h1-4,9H,5,13H2,(H,18,19);/q;+1/p-1/t9-;/m0./s1. The zero-order chi connectivity index (χ0) is 14.2. The summed E-state index contributed by atoms with van der Waals surface area (Å²) >= 11 is 0. The number of carbonyl (C=O) groups excluding carboxylic acids is 4. The minimum Gasteiger partial charge on any atom is -0.547 e. The number of carboxylic acids is 1. The number of rotatable bonds is 2. The molecule has 0 spiro atoms. The molecule has 1 aliphatic heterocycles. The zero-order valence-corrected chi connectivity index (χ0v) is 12.7. The van der Waals surface area contributed by atoms with Gasteiger partial charge in [0.15, 0.2) is 5.78 Å². The topological polar surface area (TPSA) is 121 Å². The van der Waals surface area contributed by atoms with E-state index >= 15 is 0 Å². The van der Waals surface area contributed by atoms with Crippen molar-refractivity contribution in [1.82, 2.24) is 4.90 Å². The Morgan fingerprint density at radius 3 is 2.25 bits per heavy atom. The molecule has 8 heteroatoms. The van der Waals surface area contributed by atoms with Gasteiger partial charge in [-0.05, 0) is 6.07 Å². The third kappa shape index (κ3) is 2.53. The maximum atomic E-state index is 12.1. The van der Waals surface area contributed by atoms with Gasteiger partial charge in [-0.25, -0.2) is 0 Å². The molecule has 1 aromatic carbocycles. The molecule has 0 aromatic heterocycles. The predicted octanol–water partition coefficient (Wildman–Crippen LogP) is -5.07. The van der Waals surface area contributed by atoms with E-state index in [0.717, 1.165) is 0 Å². The molecule has 7 nitrogen and oxygen atoms in total. The van der Waals surface area contributed by atoms with Crippen LogP contribution in [-0.4, -0.2) is 41.1 Å². The molecule has 0 aliphatic carbocycles. The van der Waals surface area contributed by atoms with Crippen molar-refractivity contribution in [3.05, 3.63) is 35.4 Å². The molecule has 2 amide bonds. The van der Waals surface area contributed by atoms with Crippen molar-refractivity contribution < 1.29 is 53.8 Å². The molecule has 2 N–H and O–H groups in total. The summed E-state index contributed by atoms with van der Waals surface area (Å²) in [5, 5.41) is 11.0. The van der Waals surface area contributed by atoms with Crippen LogP contribution in [0.15, 0.2) is 24.3 Å². The maximum absolute atomic E-state index is 12.1. The van der Waals surface area contributed by atoms with Crippen LogP contribution in [0.4, 0.5) is 0 Å². The first kappa shape index (κ1) is 16.5. The van der Waals surface area contributed by atoms with Crippen molar-refractivity contribution in [3.8, 4) is 0 Å². The summed E-state index contributed by atoms with van der Waals surface area (Å²) in [6, 6.07) is 3.72. The first-order valence-electron chi connectivity index (χ1n) is 5.39. The number of carbonyl (C=O) groups is 4. The first-order valence-corrected chi connectivity index (χ1v) is 5.39. The molecule has 0 bridgehead atoms. The molecule has 0 radical (unpaired) electrons. The molecule has 2 rings (SSSR count). The fourth-order valence-corrected chi connectivity index (χ4v) is 1.96. The van der Waals surface area contributed by atoms with Crippen LogP contribution in [0, 0.1) is 0 Å². The number of hydrogen-bond acceptors (Lipinski definition) is 6. The van der Waals surface area contributed by atoms with Gasteiger partial charge in [-0.3, -0.25) is 19.3 Å². The Labute approximate surface area is 136 Å². The summed E-state index contributed by atoms with van der Waals surface area (Å²) in [7, 11) is 0. The molecule has 0 fully saturated rings. The minimum absolute atomic E-state index is 0. The average molecular weight is 284 g/mol. The van der Waals surface area contributed by atoms with Gasteiger partial charge in [0, 0.05) is 5.56 Å². The number of benzene rings is 1. The Morgan fingerprint density at radius 1 is 1.20 bits per heavy atom. The Hall–Kier alpha value is -1.54. The third-order valence-electron chi connectivity index (χ3n) is 2.81. The summed E-state index contributed by atoms with van der Waals surface area (Å²) in [4.78, 5) is 47.1. The van der Waals surface area contributed by atoms with Crippen LogP contribution in [0.1, 0.15) is 20.7 Å². The van der Waals surface area contributed by atoms with E-state index in [2.05, 4.69) is 0 Å². The number of hydrogen-bond donors (Lipinski definition) is 1. The number of carboxylic acid groups (broad SMARTS) is 1. The molecule has 1 aliphatic rings. The molecule has 0 unspecified atom stereocenters. The van der Waals surface area contributed by atoms with Gasteiger partial charge in [-0.1, -0.05) is 18.2 Å². The van der Waals surface area contributed by atoms with Crippen molar-refractivity contribution in [1.29, 1.82) is 0 Å². The van der Waals surface area contributed by atoms with E-state index in [4.69, 9.17) is 5.73 Å². The summed E-state index contributed by atoms with van der Waals surface area (Å²) in [6.07, 6.45) is 0. The molecule has 1 heterocycles. The molecular formula is C12H9N2NaO5. The molecule has 0 saturated heterocycles. The van der Waals surface area contributed by atoms with E-state index in [0.29, 0.717) is 4.90 Å². The monoisotopic (exact) mass is 284 g/mol. The number of nitrogens with zero attached hydrogens (tertiary/aromatic N) is 1. The van der Waals surface area contributed by atoms with Gasteiger partial charge in [-0.2, -0.15) is 0 Å². The van der Waals surface area contributed by atoms with Crippen LogP contribution in [-0.2, 0) is 9.59 Å². The van der Waals surface area contributed by atoms with Crippen LogP contribution in [0.3, 0.4) is 0 Å². The van der Waals surface area contributed by atoms with Crippen molar-refractivity contribution in [2.45, 2.75) is 6.04 Å². The van der Waals surface area contributed by atoms with Crippen LogP contribution in [0.5, 0.6) is 0 Å². The number of amides is 2. The van der Waals surface area contributed by atoms with Gasteiger partial charge in [0.2, 0.25) is 5.91 Å². The molecule has 98 valence electrons. The number of imide groups is 1. The minimum atomic E-state index is -1.96. The SMILES string of the molecule is NCC(=O)N1C(=O)c2ccccc2C(=O)[C@H]1C(=O)[O-].[Na+]. The summed E-state index contributed by atoms with van der Waals surface area (Å²) in [5.41, 5.74) is 5.06. The second kappa shape index (κ2) is 6.27. The Balaban J connectivity index is 0.00000200. The first-order chi connectivity index (χ1) is 8.99. The Kier molecular flexibility index (Phi) is 5.18. The van der Waals surface area contributed by atoms with E-state index in [-0.39, 0.29) is 40.7 Å². The van der Waals surface area contributed by atoms with Crippen molar-refractivity contribution >= 4 is 23.6 Å². The quantitative estimate of drug-likeness (QED) is 0.428. The largest absolute Gasteiger partial charge is 1.00 e. The van der Waals surface area contributed by atoms with Gasteiger partial charge in [-0.15, -0.1) is 0 Å². The summed E-state index contributed by atoms with van der Waals surface area (Å²) < 4.78 is 0. The number of ketones is 1. The molecule has 20 heavy (non-hydrogen) atoms. The van der Waals surface area contributed by atoms with Crippen LogP contribution >= 0.6 is 0 Å². The molecular weight excluding hydrogens is 275 g/mol. The number of fused-ring (bicyclic) bond motifs is 1. The van der Waals surface area contributed by atoms with Crippen molar-refractivity contribution in [2.24, 2.45) is 5.73 Å². The fourth-order valence-electron chi connectivity index (χ4n) is 1.96. The van der Waals surface area contributed by atoms with E-state index < -0.39 is 36.2 Å². The van der Waals surface area contributed by atoms with E-state index in [1.165, 1.54) is 24.3 Å². The molecule has 0 saturated carbocycles. The fraction of sp³-hybridized carbons (Fsp3) is 0.167. The Bertz CT molecular complexity index is 601. The van der Waals surface area contributed by atoms with Crippen molar-refractivity contribution in [2.75, 3.05) is 6.54 Å². The zero-order valence-electron chi connectivity index (χ0n) is 10.7. The number of Topliss-reactive ketones (excluding diaryl/α,β-unsaturated/α-hetero) is 1. The van der Waals surface area contributed by atoms with Crippen LogP contribution < -0.4 is 40.4 Å². The van der Waals surface area contributed by atoms with E-state index in [1.807, 2.05) is 0 Å². The molecule has 1 aromatic rings. The summed E-state index contributed by atoms with van der Waals surface area (Å²) in [6.45, 7) is -0.578. The van der Waals surface area contributed by atoms with Gasteiger partial charge >= 0.3 is 29.6 Å². The van der Waals surface area contributed by atoms with Gasteiger partial charge in [0.05, 0.1) is 18.1 Å². The van der Waals surface area contributed by atoms with Crippen molar-refractivity contribution in [3.63, 3.8) is 0 Å². The molecule has 1 atom stereocenters. The number of aliphatic carboxylic acids is 1. The van der Waals surface area contributed by atoms with Crippen LogP contribution in [0.2, 0.25) is 0 Å².